The van der Waals surface area contributed by atoms with E-state index in [2.05, 4.69) is 168 Å². The average molecular weight is 577 g/mol. The molecule has 0 radical (unpaired) electrons. The van der Waals surface area contributed by atoms with Crippen LogP contribution in [-0.2, 0) is 0 Å². The number of hydrogen-bond donors (Lipinski definition) is 0. The molecule has 9 rings (SSSR count). The molecule has 0 N–H and O–H groups in total. The maximum Gasteiger partial charge on any atom is 0.0562 e. The Morgan fingerprint density at radius 1 is 0.444 bits per heavy atom. The number of fused-ring (bicyclic) bond motifs is 6. The number of para-hydroxylation sites is 2. The van der Waals surface area contributed by atoms with Crippen molar-refractivity contribution >= 4 is 49.2 Å². The zero-order valence-electron chi connectivity index (χ0n) is 25.2. The number of nitrogens with zero attached hydrogens (tertiary/aromatic N) is 2. The molecule has 0 saturated heterocycles. The fourth-order valence-electron chi connectivity index (χ4n) is 7.25. The third-order valence-electron chi connectivity index (χ3n) is 9.34. The van der Waals surface area contributed by atoms with E-state index in [1.54, 1.807) is 0 Å². The zero-order valence-corrected chi connectivity index (χ0v) is 25.2. The van der Waals surface area contributed by atoms with Crippen LogP contribution in [0, 0.1) is 6.92 Å². The van der Waals surface area contributed by atoms with Crippen LogP contribution in [0.15, 0.2) is 152 Å². The van der Waals surface area contributed by atoms with Crippen molar-refractivity contribution in [2.24, 2.45) is 0 Å². The summed E-state index contributed by atoms with van der Waals surface area (Å²) in [6.45, 7) is 2.19. The van der Waals surface area contributed by atoms with E-state index in [1.807, 2.05) is 0 Å². The van der Waals surface area contributed by atoms with E-state index in [0.717, 1.165) is 12.8 Å². The van der Waals surface area contributed by atoms with Gasteiger partial charge in [-0.15, -0.1) is 0 Å². The lowest BCUT2D eigenvalue weighted by Crippen LogP contribution is -1.98. The number of aromatic nitrogens is 2. The molecule has 0 amide bonds. The van der Waals surface area contributed by atoms with Crippen LogP contribution in [0.4, 0.5) is 0 Å². The molecule has 45 heavy (non-hydrogen) atoms. The second kappa shape index (κ2) is 10.2. The third-order valence-corrected chi connectivity index (χ3v) is 9.34. The Hall–Kier alpha value is -5.60. The third kappa shape index (κ3) is 4.17. The highest BCUT2D eigenvalue weighted by Crippen LogP contribution is 2.41. The summed E-state index contributed by atoms with van der Waals surface area (Å²) < 4.78 is 4.91. The molecular weight excluding hydrogens is 544 g/mol. The first-order valence-electron chi connectivity index (χ1n) is 15.8. The van der Waals surface area contributed by atoms with Gasteiger partial charge in [-0.2, -0.15) is 0 Å². The van der Waals surface area contributed by atoms with E-state index >= 15 is 0 Å². The fraction of sp³-hybridized carbons (Fsp3) is 0.0698. The minimum Gasteiger partial charge on any atom is -0.309 e. The summed E-state index contributed by atoms with van der Waals surface area (Å²) in [6, 6.07) is 49.1. The van der Waals surface area contributed by atoms with Crippen molar-refractivity contribution in [1.82, 2.24) is 9.13 Å². The van der Waals surface area contributed by atoms with E-state index in [1.165, 1.54) is 82.8 Å². The molecule has 0 fully saturated rings. The van der Waals surface area contributed by atoms with E-state index < -0.39 is 0 Å². The molecule has 6 aromatic carbocycles. The SMILES string of the molecule is Cc1ccc2c3cc4c5ccccc5n(-c5ccccc5)c4cc3n(-c3cc(C4=CCCC=C4)cc(-c4ccccc4)c3)c2c1. The molecule has 214 valence electrons. The van der Waals surface area contributed by atoms with Crippen LogP contribution >= 0.6 is 0 Å². The van der Waals surface area contributed by atoms with Gasteiger partial charge in [0, 0.05) is 32.9 Å². The van der Waals surface area contributed by atoms with Crippen LogP contribution in [0.2, 0.25) is 0 Å². The predicted octanol–water partition coefficient (Wildman–Crippen LogP) is 11.6. The van der Waals surface area contributed by atoms with Crippen molar-refractivity contribution in [3.63, 3.8) is 0 Å². The Morgan fingerprint density at radius 3 is 1.89 bits per heavy atom. The maximum atomic E-state index is 2.49. The van der Waals surface area contributed by atoms with Crippen LogP contribution in [0.5, 0.6) is 0 Å². The predicted molar refractivity (Wildman–Crippen MR) is 192 cm³/mol. The Bertz CT molecular complexity index is 2470. The first-order valence-corrected chi connectivity index (χ1v) is 15.8. The van der Waals surface area contributed by atoms with Crippen molar-refractivity contribution in [3.8, 4) is 22.5 Å². The van der Waals surface area contributed by atoms with E-state index in [0.29, 0.717) is 0 Å². The average Bonchev–Trinajstić information content (AvgIpc) is 3.59. The van der Waals surface area contributed by atoms with Gasteiger partial charge in [-0.1, -0.05) is 97.1 Å². The number of aryl methyl sites for hydroxylation is 1. The van der Waals surface area contributed by atoms with Crippen molar-refractivity contribution in [1.29, 1.82) is 0 Å². The maximum absolute atomic E-state index is 2.49. The molecule has 0 unspecified atom stereocenters. The topological polar surface area (TPSA) is 9.86 Å². The van der Waals surface area contributed by atoms with Crippen LogP contribution in [0.3, 0.4) is 0 Å². The number of allylic oxidation sites excluding steroid dienone is 4. The van der Waals surface area contributed by atoms with Gasteiger partial charge >= 0.3 is 0 Å². The number of benzene rings is 6. The quantitative estimate of drug-likeness (QED) is 0.197. The molecule has 0 bridgehead atoms. The molecule has 1 aliphatic rings. The largest absolute Gasteiger partial charge is 0.309 e. The second-order valence-electron chi connectivity index (χ2n) is 12.2. The fourth-order valence-corrected chi connectivity index (χ4v) is 7.25. The highest BCUT2D eigenvalue weighted by molar-refractivity contribution is 6.19. The minimum absolute atomic E-state index is 1.08. The zero-order chi connectivity index (χ0) is 29.9. The summed E-state index contributed by atoms with van der Waals surface area (Å²) in [5.41, 5.74) is 13.5. The summed E-state index contributed by atoms with van der Waals surface area (Å²) >= 11 is 0. The van der Waals surface area contributed by atoms with Gasteiger partial charge < -0.3 is 9.13 Å². The van der Waals surface area contributed by atoms with Crippen LogP contribution in [0.25, 0.3) is 71.7 Å². The van der Waals surface area contributed by atoms with Gasteiger partial charge in [0.2, 0.25) is 0 Å². The van der Waals surface area contributed by atoms with Gasteiger partial charge in [-0.05, 0) is 102 Å². The molecule has 0 spiro atoms. The lowest BCUT2D eigenvalue weighted by Gasteiger charge is -2.16. The van der Waals surface area contributed by atoms with E-state index in [4.69, 9.17) is 0 Å². The molecule has 0 saturated carbocycles. The van der Waals surface area contributed by atoms with Gasteiger partial charge in [0.15, 0.2) is 0 Å². The highest BCUT2D eigenvalue weighted by Gasteiger charge is 2.19. The van der Waals surface area contributed by atoms with Crippen molar-refractivity contribution < 1.29 is 0 Å². The van der Waals surface area contributed by atoms with Crippen molar-refractivity contribution in [2.45, 2.75) is 19.8 Å². The molecule has 1 aliphatic carbocycles. The molecular formula is C43H32N2. The molecule has 0 aliphatic heterocycles. The molecule has 8 aromatic rings. The molecule has 2 heterocycles. The summed E-state index contributed by atoms with van der Waals surface area (Å²) in [4.78, 5) is 0. The van der Waals surface area contributed by atoms with E-state index in [9.17, 15) is 0 Å². The van der Waals surface area contributed by atoms with Gasteiger partial charge in [0.25, 0.3) is 0 Å². The molecule has 2 heteroatoms. The normalized spacial score (nSPS) is 13.3. The Balaban J connectivity index is 1.41. The van der Waals surface area contributed by atoms with Crippen LogP contribution < -0.4 is 0 Å². The first-order chi connectivity index (χ1) is 22.2. The van der Waals surface area contributed by atoms with Crippen molar-refractivity contribution in [2.75, 3.05) is 0 Å². The van der Waals surface area contributed by atoms with E-state index in [-0.39, 0.29) is 0 Å². The van der Waals surface area contributed by atoms with Crippen molar-refractivity contribution in [3.05, 3.63) is 163 Å². The number of rotatable bonds is 4. The van der Waals surface area contributed by atoms with Gasteiger partial charge in [0.1, 0.15) is 0 Å². The summed E-state index contributed by atoms with van der Waals surface area (Å²) in [5, 5.41) is 5.10. The second-order valence-corrected chi connectivity index (χ2v) is 12.2. The lowest BCUT2D eigenvalue weighted by atomic mass is 9.95. The first kappa shape index (κ1) is 25.9. The summed E-state index contributed by atoms with van der Waals surface area (Å²) in [7, 11) is 0. The molecule has 2 nitrogen and oxygen atoms in total. The minimum atomic E-state index is 1.08. The molecule has 0 atom stereocenters. The van der Waals surface area contributed by atoms with Gasteiger partial charge in [-0.3, -0.25) is 0 Å². The Kier molecular flexibility index (Phi) is 5.89. The Labute approximate surface area is 262 Å². The summed E-state index contributed by atoms with van der Waals surface area (Å²) in [6.07, 6.45) is 9.15. The van der Waals surface area contributed by atoms with Gasteiger partial charge in [-0.25, -0.2) is 0 Å². The highest BCUT2D eigenvalue weighted by atomic mass is 15.0. The summed E-state index contributed by atoms with van der Waals surface area (Å²) in [5.74, 6) is 0. The standard InChI is InChI=1S/C43H32N2/c1-29-21-22-37-39-27-38-36-19-11-12-20-40(36)44(34-17-9-4-10-18-34)42(38)28-43(39)45(41(37)23-29)35-25-32(30-13-5-2-6-14-30)24-33(26-35)31-15-7-3-8-16-31/h2,4-7,9-28H,3,8H2,1H3. The monoisotopic (exact) mass is 576 g/mol. The molecule has 2 aromatic heterocycles. The smallest absolute Gasteiger partial charge is 0.0562 e. The number of hydrogen-bond acceptors (Lipinski definition) is 0. The van der Waals surface area contributed by atoms with Crippen LogP contribution in [-0.4, -0.2) is 9.13 Å². The lowest BCUT2D eigenvalue weighted by molar-refractivity contribution is 1.04. The van der Waals surface area contributed by atoms with Crippen LogP contribution in [0.1, 0.15) is 24.0 Å². The van der Waals surface area contributed by atoms with Gasteiger partial charge in [0.05, 0.1) is 22.1 Å². The Morgan fingerprint density at radius 2 is 1.11 bits per heavy atom.